The Kier molecular flexibility index (Phi) is 0.943. The zero-order valence-corrected chi connectivity index (χ0v) is 5.35. The van der Waals surface area contributed by atoms with Crippen LogP contribution in [0.15, 0.2) is 0 Å². The minimum absolute atomic E-state index is 0.264. The summed E-state index contributed by atoms with van der Waals surface area (Å²) in [5.74, 6) is 0.333. The molecule has 0 N–H and O–H groups in total. The van der Waals surface area contributed by atoms with Crippen molar-refractivity contribution >= 4 is 5.78 Å². The van der Waals surface area contributed by atoms with Crippen LogP contribution in [0.5, 0.6) is 0 Å². The van der Waals surface area contributed by atoms with Crippen molar-refractivity contribution in [1.82, 2.24) is 0 Å². The van der Waals surface area contributed by atoms with E-state index in [1.54, 1.807) is 0 Å². The van der Waals surface area contributed by atoms with Gasteiger partial charge in [0, 0.05) is 0 Å². The van der Waals surface area contributed by atoms with Gasteiger partial charge in [0.25, 0.3) is 0 Å². The number of hydrogen-bond donors (Lipinski definition) is 0. The molecule has 1 heterocycles. The summed E-state index contributed by atoms with van der Waals surface area (Å²) in [5.41, 5.74) is -0.264. The van der Waals surface area contributed by atoms with Crippen molar-refractivity contribution in [2.24, 2.45) is 0 Å². The summed E-state index contributed by atoms with van der Waals surface area (Å²) in [5, 5.41) is 0. The van der Waals surface area contributed by atoms with Crippen LogP contribution in [0.25, 0.3) is 0 Å². The maximum atomic E-state index is 10.9. The molecule has 9 heavy (non-hydrogen) atoms. The maximum Gasteiger partial charge on any atom is 0.190 e. The van der Waals surface area contributed by atoms with Crippen LogP contribution in [-0.2, 0) is 9.53 Å². The lowest BCUT2D eigenvalue weighted by atomic mass is 9.92. The molecule has 2 rings (SSSR count). The van der Waals surface area contributed by atoms with Crippen molar-refractivity contribution in [3.05, 3.63) is 0 Å². The predicted molar refractivity (Wildman–Crippen MR) is 32.2 cm³/mol. The first-order valence-electron chi connectivity index (χ1n) is 3.51. The fourth-order valence-electron chi connectivity index (χ4n) is 1.70. The van der Waals surface area contributed by atoms with Crippen LogP contribution in [0.4, 0.5) is 0 Å². The predicted octanol–water partition coefficient (Wildman–Crippen LogP) is 0.899. The average molecular weight is 126 g/mol. The van der Waals surface area contributed by atoms with E-state index in [0.717, 1.165) is 12.8 Å². The van der Waals surface area contributed by atoms with E-state index in [9.17, 15) is 4.79 Å². The number of ether oxygens (including phenoxy) is 1. The summed E-state index contributed by atoms with van der Waals surface area (Å²) in [7, 11) is 0. The largest absolute Gasteiger partial charge is 0.359 e. The highest BCUT2D eigenvalue weighted by atomic mass is 16.5. The summed E-state index contributed by atoms with van der Waals surface area (Å²) < 4.78 is 5.24. The second-order valence-corrected chi connectivity index (χ2v) is 2.91. The summed E-state index contributed by atoms with van der Waals surface area (Å²) >= 11 is 0. The average Bonchev–Trinajstić information content (AvgIpc) is 2.34. The van der Waals surface area contributed by atoms with Gasteiger partial charge in [-0.2, -0.15) is 0 Å². The molecule has 1 saturated carbocycles. The number of ketones is 1. The third kappa shape index (κ3) is 0.568. The molecule has 2 aliphatic rings. The van der Waals surface area contributed by atoms with Gasteiger partial charge in [-0.15, -0.1) is 0 Å². The van der Waals surface area contributed by atoms with Crippen LogP contribution >= 0.6 is 0 Å². The van der Waals surface area contributed by atoms with Crippen LogP contribution in [0.1, 0.15) is 25.7 Å². The highest BCUT2D eigenvalue weighted by Gasteiger charge is 2.49. The van der Waals surface area contributed by atoms with E-state index >= 15 is 0 Å². The third-order valence-corrected chi connectivity index (χ3v) is 2.40. The first-order valence-corrected chi connectivity index (χ1v) is 3.51. The fourth-order valence-corrected chi connectivity index (χ4v) is 1.70. The number of rotatable bonds is 0. The Labute approximate surface area is 54.2 Å². The van der Waals surface area contributed by atoms with Crippen molar-refractivity contribution < 1.29 is 9.53 Å². The van der Waals surface area contributed by atoms with E-state index in [4.69, 9.17) is 4.74 Å². The van der Waals surface area contributed by atoms with Gasteiger partial charge in [-0.1, -0.05) is 0 Å². The van der Waals surface area contributed by atoms with Crippen LogP contribution < -0.4 is 0 Å². The highest BCUT2D eigenvalue weighted by molar-refractivity contribution is 5.93. The Balaban J connectivity index is 2.14. The molecule has 0 atom stereocenters. The van der Waals surface area contributed by atoms with E-state index in [1.807, 2.05) is 0 Å². The van der Waals surface area contributed by atoms with Gasteiger partial charge in [0.05, 0.1) is 0 Å². The summed E-state index contributed by atoms with van der Waals surface area (Å²) in [4.78, 5) is 10.9. The number of hydrogen-bond acceptors (Lipinski definition) is 2. The molecule has 2 heteroatoms. The quantitative estimate of drug-likeness (QED) is 0.482. The number of carbonyl (C=O) groups excluding carboxylic acids is 1. The Morgan fingerprint density at radius 1 is 1.33 bits per heavy atom. The zero-order valence-electron chi connectivity index (χ0n) is 5.35. The van der Waals surface area contributed by atoms with Gasteiger partial charge in [0.1, 0.15) is 12.2 Å². The lowest BCUT2D eigenvalue weighted by Crippen LogP contribution is -2.52. The minimum atomic E-state index is -0.264. The molecule has 1 saturated heterocycles. The summed E-state index contributed by atoms with van der Waals surface area (Å²) in [6, 6.07) is 0. The van der Waals surface area contributed by atoms with Gasteiger partial charge in [-0.3, -0.25) is 4.79 Å². The normalized spacial score (nSPS) is 30.9. The Hall–Kier alpha value is -0.370. The molecular weight excluding hydrogens is 116 g/mol. The third-order valence-electron chi connectivity index (χ3n) is 2.40. The summed E-state index contributed by atoms with van der Waals surface area (Å²) in [6.07, 6.45) is 4.30. The van der Waals surface area contributed by atoms with Crippen molar-refractivity contribution in [2.75, 3.05) is 6.61 Å². The molecule has 0 amide bonds. The molecule has 0 aromatic rings. The monoisotopic (exact) mass is 126 g/mol. The topological polar surface area (TPSA) is 26.3 Å². The van der Waals surface area contributed by atoms with Crippen molar-refractivity contribution in [2.45, 2.75) is 31.3 Å². The smallest absolute Gasteiger partial charge is 0.190 e. The van der Waals surface area contributed by atoms with Gasteiger partial charge in [0.15, 0.2) is 5.78 Å². The van der Waals surface area contributed by atoms with Crippen LogP contribution in [0, 0.1) is 0 Å². The molecule has 0 radical (unpaired) electrons. The lowest BCUT2D eigenvalue weighted by molar-refractivity contribution is -0.177. The van der Waals surface area contributed by atoms with Crippen molar-refractivity contribution in [1.29, 1.82) is 0 Å². The van der Waals surface area contributed by atoms with Gasteiger partial charge in [-0.05, 0) is 25.7 Å². The van der Waals surface area contributed by atoms with E-state index in [1.165, 1.54) is 12.8 Å². The van der Waals surface area contributed by atoms with E-state index in [2.05, 4.69) is 0 Å². The first kappa shape index (κ1) is 5.42. The van der Waals surface area contributed by atoms with Gasteiger partial charge in [0.2, 0.25) is 0 Å². The van der Waals surface area contributed by atoms with Crippen molar-refractivity contribution in [3.8, 4) is 0 Å². The number of Topliss-reactive ketones (excluding diaryl/α,β-unsaturated/α-hetero) is 1. The molecule has 50 valence electrons. The molecule has 2 fully saturated rings. The molecule has 1 spiro atoms. The Morgan fingerprint density at radius 2 is 2.00 bits per heavy atom. The van der Waals surface area contributed by atoms with Gasteiger partial charge >= 0.3 is 0 Å². The standard InChI is InChI=1S/C7H10O2/c8-6-5-9-7(6)3-1-2-4-7/h1-5H2. The van der Waals surface area contributed by atoms with Gasteiger partial charge < -0.3 is 4.74 Å². The van der Waals surface area contributed by atoms with E-state index < -0.39 is 0 Å². The summed E-state index contributed by atoms with van der Waals surface area (Å²) in [6.45, 7) is 0.375. The van der Waals surface area contributed by atoms with E-state index in [-0.39, 0.29) is 5.60 Å². The molecule has 0 aromatic carbocycles. The van der Waals surface area contributed by atoms with Crippen LogP contribution in [0.2, 0.25) is 0 Å². The van der Waals surface area contributed by atoms with Crippen LogP contribution in [-0.4, -0.2) is 18.0 Å². The second-order valence-electron chi connectivity index (χ2n) is 2.91. The zero-order chi connectivity index (χ0) is 6.32. The Bertz CT molecular complexity index is 145. The van der Waals surface area contributed by atoms with E-state index in [0.29, 0.717) is 12.4 Å². The number of carbonyl (C=O) groups is 1. The van der Waals surface area contributed by atoms with Crippen molar-refractivity contribution in [3.63, 3.8) is 0 Å². The molecule has 1 aliphatic carbocycles. The minimum Gasteiger partial charge on any atom is -0.359 e. The lowest BCUT2D eigenvalue weighted by Gasteiger charge is -2.36. The molecular formula is C7H10O2. The van der Waals surface area contributed by atoms with Gasteiger partial charge in [-0.25, -0.2) is 0 Å². The molecule has 0 aromatic heterocycles. The fraction of sp³-hybridized carbons (Fsp3) is 0.857. The second kappa shape index (κ2) is 1.57. The molecule has 0 unspecified atom stereocenters. The molecule has 0 bridgehead atoms. The Morgan fingerprint density at radius 3 is 2.22 bits per heavy atom. The SMILES string of the molecule is O=C1COC12CCCC2. The molecule has 1 aliphatic heterocycles. The maximum absolute atomic E-state index is 10.9. The highest BCUT2D eigenvalue weighted by Crippen LogP contribution is 2.39. The molecule has 2 nitrogen and oxygen atoms in total. The first-order chi connectivity index (χ1) is 4.33. The van der Waals surface area contributed by atoms with Crippen LogP contribution in [0.3, 0.4) is 0 Å².